The van der Waals surface area contributed by atoms with Gasteiger partial charge < -0.3 is 5.73 Å². The fraction of sp³-hybridized carbons (Fsp3) is 0.136. The SMILES string of the molecule is CC(C)(C#N)c1ccc(-n2cnc3cnc4ccc(-c5cnc(N)nc5)nc4c32)cn1. The summed E-state index contributed by atoms with van der Waals surface area (Å²) in [6.07, 6.45) is 8.46. The van der Waals surface area contributed by atoms with E-state index in [1.165, 1.54) is 0 Å². The molecule has 0 bridgehead atoms. The third-order valence-corrected chi connectivity index (χ3v) is 5.13. The molecular formula is C22H17N9. The normalized spacial score (nSPS) is 11.6. The minimum absolute atomic E-state index is 0.210. The van der Waals surface area contributed by atoms with Crippen molar-refractivity contribution in [3.8, 4) is 23.0 Å². The molecule has 5 rings (SSSR count). The third-order valence-electron chi connectivity index (χ3n) is 5.13. The average molecular weight is 407 g/mol. The zero-order valence-corrected chi connectivity index (χ0v) is 16.9. The lowest BCUT2D eigenvalue weighted by Gasteiger charge is -2.15. The van der Waals surface area contributed by atoms with Crippen LogP contribution in [0.5, 0.6) is 0 Å². The number of nitrogen functional groups attached to an aromatic ring is 1. The maximum Gasteiger partial charge on any atom is 0.219 e. The number of nitrogens with two attached hydrogens (primary N) is 1. The van der Waals surface area contributed by atoms with Gasteiger partial charge in [0.25, 0.3) is 0 Å². The second kappa shape index (κ2) is 6.81. The van der Waals surface area contributed by atoms with Crippen molar-refractivity contribution in [1.29, 1.82) is 5.26 Å². The molecule has 0 radical (unpaired) electrons. The van der Waals surface area contributed by atoms with Crippen LogP contribution in [0.25, 0.3) is 39.0 Å². The molecule has 0 aromatic carbocycles. The van der Waals surface area contributed by atoms with Crippen LogP contribution in [-0.2, 0) is 5.41 Å². The van der Waals surface area contributed by atoms with E-state index < -0.39 is 5.41 Å². The minimum Gasteiger partial charge on any atom is -0.368 e. The van der Waals surface area contributed by atoms with E-state index in [0.717, 1.165) is 22.3 Å². The first kappa shape index (κ1) is 18.6. The van der Waals surface area contributed by atoms with Crippen LogP contribution in [0.15, 0.2) is 55.4 Å². The van der Waals surface area contributed by atoms with Crippen molar-refractivity contribution >= 4 is 28.0 Å². The second-order valence-corrected chi connectivity index (χ2v) is 7.64. The van der Waals surface area contributed by atoms with Gasteiger partial charge in [-0.15, -0.1) is 0 Å². The molecular weight excluding hydrogens is 390 g/mol. The number of fused-ring (bicyclic) bond motifs is 3. The Bertz CT molecular complexity index is 1460. The number of nitriles is 1. The van der Waals surface area contributed by atoms with Gasteiger partial charge in [0.05, 0.1) is 46.5 Å². The molecule has 150 valence electrons. The van der Waals surface area contributed by atoms with Gasteiger partial charge in [0.15, 0.2) is 0 Å². The molecule has 31 heavy (non-hydrogen) atoms. The summed E-state index contributed by atoms with van der Waals surface area (Å²) in [4.78, 5) is 26.4. The van der Waals surface area contributed by atoms with Crippen molar-refractivity contribution in [2.45, 2.75) is 19.3 Å². The van der Waals surface area contributed by atoms with Gasteiger partial charge in [0.2, 0.25) is 5.95 Å². The molecule has 9 nitrogen and oxygen atoms in total. The van der Waals surface area contributed by atoms with E-state index in [1.54, 1.807) is 31.1 Å². The highest BCUT2D eigenvalue weighted by molar-refractivity contribution is 6.00. The standard InChI is InChI=1S/C22H17N9/c1-22(2,11-23)18-6-3-14(9-26-18)31-12-29-17-10-25-16-5-4-15(30-19(16)20(17)31)13-7-27-21(24)28-8-13/h3-10,12H,1-2H3,(H2,24,27,28). The molecule has 5 aromatic heterocycles. The smallest absolute Gasteiger partial charge is 0.219 e. The summed E-state index contributed by atoms with van der Waals surface area (Å²) >= 11 is 0. The van der Waals surface area contributed by atoms with Crippen LogP contribution >= 0.6 is 0 Å². The number of anilines is 1. The predicted molar refractivity (Wildman–Crippen MR) is 116 cm³/mol. The number of hydrogen-bond donors (Lipinski definition) is 1. The topological polar surface area (TPSA) is 132 Å². The summed E-state index contributed by atoms with van der Waals surface area (Å²) in [7, 11) is 0. The van der Waals surface area contributed by atoms with Gasteiger partial charge in [-0.1, -0.05) is 0 Å². The Kier molecular flexibility index (Phi) is 4.08. The van der Waals surface area contributed by atoms with Crippen LogP contribution in [0.3, 0.4) is 0 Å². The van der Waals surface area contributed by atoms with Crippen LogP contribution in [-0.4, -0.2) is 34.5 Å². The summed E-state index contributed by atoms with van der Waals surface area (Å²) in [5.74, 6) is 0.210. The van der Waals surface area contributed by atoms with E-state index in [-0.39, 0.29) is 5.95 Å². The molecule has 0 unspecified atom stereocenters. The van der Waals surface area contributed by atoms with Gasteiger partial charge in [0, 0.05) is 18.0 Å². The highest BCUT2D eigenvalue weighted by atomic mass is 15.1. The number of imidazole rings is 1. The Morgan fingerprint density at radius 1 is 0.903 bits per heavy atom. The maximum atomic E-state index is 9.36. The van der Waals surface area contributed by atoms with Crippen molar-refractivity contribution in [3.05, 3.63) is 61.1 Å². The van der Waals surface area contributed by atoms with Gasteiger partial charge >= 0.3 is 0 Å². The van der Waals surface area contributed by atoms with E-state index in [9.17, 15) is 5.26 Å². The van der Waals surface area contributed by atoms with Gasteiger partial charge in [-0.25, -0.2) is 19.9 Å². The first-order valence-electron chi connectivity index (χ1n) is 9.55. The molecule has 0 aliphatic rings. The largest absolute Gasteiger partial charge is 0.368 e. The first-order valence-corrected chi connectivity index (χ1v) is 9.55. The molecule has 5 aromatic rings. The van der Waals surface area contributed by atoms with E-state index in [0.29, 0.717) is 22.4 Å². The van der Waals surface area contributed by atoms with Crippen molar-refractivity contribution < 1.29 is 0 Å². The summed E-state index contributed by atoms with van der Waals surface area (Å²) in [5, 5.41) is 9.36. The summed E-state index contributed by atoms with van der Waals surface area (Å²) in [6, 6.07) is 9.83. The van der Waals surface area contributed by atoms with Crippen molar-refractivity contribution in [1.82, 2.24) is 34.5 Å². The summed E-state index contributed by atoms with van der Waals surface area (Å²) < 4.78 is 1.92. The Labute approximate surface area is 177 Å². The lowest BCUT2D eigenvalue weighted by atomic mass is 9.91. The number of rotatable bonds is 3. The molecule has 2 N–H and O–H groups in total. The number of pyridine rings is 3. The van der Waals surface area contributed by atoms with Crippen molar-refractivity contribution in [3.63, 3.8) is 0 Å². The maximum absolute atomic E-state index is 9.36. The van der Waals surface area contributed by atoms with Crippen LogP contribution < -0.4 is 5.73 Å². The second-order valence-electron chi connectivity index (χ2n) is 7.64. The Balaban J connectivity index is 1.68. The highest BCUT2D eigenvalue weighted by Crippen LogP contribution is 2.28. The number of aromatic nitrogens is 7. The monoisotopic (exact) mass is 407 g/mol. The van der Waals surface area contributed by atoms with Crippen LogP contribution in [0.1, 0.15) is 19.5 Å². The van der Waals surface area contributed by atoms with Gasteiger partial charge in [0.1, 0.15) is 22.9 Å². The highest BCUT2D eigenvalue weighted by Gasteiger charge is 2.21. The number of nitrogens with zero attached hydrogens (tertiary/aromatic N) is 8. The summed E-state index contributed by atoms with van der Waals surface area (Å²) in [5.41, 5.74) is 10.9. The Morgan fingerprint density at radius 2 is 1.71 bits per heavy atom. The summed E-state index contributed by atoms with van der Waals surface area (Å²) in [6.45, 7) is 3.68. The molecule has 0 saturated heterocycles. The van der Waals surface area contributed by atoms with E-state index >= 15 is 0 Å². The van der Waals surface area contributed by atoms with Crippen LogP contribution in [0.2, 0.25) is 0 Å². The van der Waals surface area contributed by atoms with Crippen LogP contribution in [0.4, 0.5) is 5.95 Å². The molecule has 0 spiro atoms. The molecule has 5 heterocycles. The lowest BCUT2D eigenvalue weighted by molar-refractivity contribution is 0.659. The molecule has 0 aliphatic carbocycles. The Hall–Kier alpha value is -4.45. The van der Waals surface area contributed by atoms with E-state index in [2.05, 4.69) is 31.0 Å². The van der Waals surface area contributed by atoms with E-state index in [1.807, 2.05) is 42.7 Å². The average Bonchev–Trinajstić information content (AvgIpc) is 3.24. The molecule has 9 heteroatoms. The van der Waals surface area contributed by atoms with E-state index in [4.69, 9.17) is 10.7 Å². The lowest BCUT2D eigenvalue weighted by Crippen LogP contribution is -2.15. The van der Waals surface area contributed by atoms with Gasteiger partial charge in [-0.05, 0) is 38.1 Å². The minimum atomic E-state index is -0.663. The fourth-order valence-corrected chi connectivity index (χ4v) is 3.34. The molecule has 0 fully saturated rings. The number of hydrogen-bond acceptors (Lipinski definition) is 8. The molecule has 0 amide bonds. The molecule has 0 saturated carbocycles. The first-order chi connectivity index (χ1) is 15.0. The predicted octanol–water partition coefficient (Wildman–Crippen LogP) is 3.20. The van der Waals surface area contributed by atoms with Crippen molar-refractivity contribution in [2.24, 2.45) is 0 Å². The van der Waals surface area contributed by atoms with Crippen molar-refractivity contribution in [2.75, 3.05) is 5.73 Å². The van der Waals surface area contributed by atoms with Gasteiger partial charge in [-0.3, -0.25) is 14.5 Å². The molecule has 0 atom stereocenters. The Morgan fingerprint density at radius 3 is 2.42 bits per heavy atom. The van der Waals surface area contributed by atoms with Crippen LogP contribution in [0, 0.1) is 11.3 Å². The zero-order chi connectivity index (χ0) is 21.6. The fourth-order valence-electron chi connectivity index (χ4n) is 3.34. The third kappa shape index (κ3) is 3.11. The quantitative estimate of drug-likeness (QED) is 0.482. The zero-order valence-electron chi connectivity index (χ0n) is 16.9. The molecule has 0 aliphatic heterocycles. The van der Waals surface area contributed by atoms with Gasteiger partial charge in [-0.2, -0.15) is 5.26 Å².